The number of hydrogen-bond acceptors (Lipinski definition) is 3. The van der Waals surface area contributed by atoms with Crippen molar-refractivity contribution in [2.75, 3.05) is 0 Å². The van der Waals surface area contributed by atoms with Crippen molar-refractivity contribution in [2.24, 2.45) is 0 Å². The van der Waals surface area contributed by atoms with Gasteiger partial charge in [-0.15, -0.1) is 0 Å². The Morgan fingerprint density at radius 1 is 1.25 bits per heavy atom. The largest absolute Gasteiger partial charge is 0.487 e. The Kier molecular flexibility index (Phi) is 4.02. The second-order valence-electron chi connectivity index (χ2n) is 5.32. The van der Waals surface area contributed by atoms with Crippen molar-refractivity contribution >= 4 is 0 Å². The molecule has 0 atom stereocenters. The van der Waals surface area contributed by atoms with Gasteiger partial charge in [0.05, 0.1) is 18.3 Å². The monoisotopic (exact) mass is 272 g/mol. The summed E-state index contributed by atoms with van der Waals surface area (Å²) in [5, 5.41) is 13.7. The Morgan fingerprint density at radius 3 is 2.90 bits per heavy atom. The lowest BCUT2D eigenvalue weighted by molar-refractivity contribution is 0.277. The fraction of sp³-hybridized carbons (Fsp3) is 0.438. The average Bonchev–Trinajstić information content (AvgIpc) is 3.16. The minimum absolute atomic E-state index is 0.0352. The van der Waals surface area contributed by atoms with Crippen LogP contribution >= 0.6 is 0 Å². The van der Waals surface area contributed by atoms with Gasteiger partial charge in [-0.2, -0.15) is 5.10 Å². The smallest absolute Gasteiger partial charge is 0.132 e. The second kappa shape index (κ2) is 6.09. The van der Waals surface area contributed by atoms with Gasteiger partial charge in [0, 0.05) is 6.20 Å². The van der Waals surface area contributed by atoms with Gasteiger partial charge in [-0.3, -0.25) is 4.68 Å². The van der Waals surface area contributed by atoms with E-state index in [4.69, 9.17) is 9.84 Å². The maximum Gasteiger partial charge on any atom is 0.132 e. The van der Waals surface area contributed by atoms with Crippen molar-refractivity contribution in [1.82, 2.24) is 9.78 Å². The molecule has 3 rings (SSSR count). The number of rotatable bonds is 5. The quantitative estimate of drug-likeness (QED) is 0.910. The standard InChI is InChI=1S/C16H20N2O2/c19-11-13-4-3-7-16(10-13)20-12-14-8-9-18(17-14)15-5-1-2-6-15/h3-4,7-10,15,19H,1-2,5-6,11-12H2. The molecule has 2 aromatic rings. The summed E-state index contributed by atoms with van der Waals surface area (Å²) in [5.41, 5.74) is 1.81. The van der Waals surface area contributed by atoms with E-state index in [-0.39, 0.29) is 6.61 Å². The zero-order chi connectivity index (χ0) is 13.8. The van der Waals surface area contributed by atoms with E-state index < -0.39 is 0 Å². The second-order valence-corrected chi connectivity index (χ2v) is 5.32. The van der Waals surface area contributed by atoms with Gasteiger partial charge >= 0.3 is 0 Å². The molecule has 1 heterocycles. The highest BCUT2D eigenvalue weighted by Gasteiger charge is 2.17. The molecule has 1 aromatic heterocycles. The molecule has 1 fully saturated rings. The molecule has 0 unspecified atom stereocenters. The number of nitrogens with zero attached hydrogens (tertiary/aromatic N) is 2. The van der Waals surface area contributed by atoms with Gasteiger partial charge in [0.15, 0.2) is 0 Å². The van der Waals surface area contributed by atoms with E-state index in [0.717, 1.165) is 17.0 Å². The lowest BCUT2D eigenvalue weighted by atomic mass is 10.2. The lowest BCUT2D eigenvalue weighted by Gasteiger charge is -2.09. The first-order chi connectivity index (χ1) is 9.85. The fourth-order valence-electron chi connectivity index (χ4n) is 2.72. The number of ether oxygens (including phenoxy) is 1. The predicted octanol–water partition coefficient (Wildman–Crippen LogP) is 3.07. The highest BCUT2D eigenvalue weighted by molar-refractivity contribution is 5.28. The average molecular weight is 272 g/mol. The minimum Gasteiger partial charge on any atom is -0.487 e. The molecule has 0 spiro atoms. The van der Waals surface area contributed by atoms with Crippen LogP contribution in [-0.4, -0.2) is 14.9 Å². The summed E-state index contributed by atoms with van der Waals surface area (Å²) in [6.07, 6.45) is 7.15. The summed E-state index contributed by atoms with van der Waals surface area (Å²) in [6.45, 7) is 0.502. The SMILES string of the molecule is OCc1cccc(OCc2ccn(C3CCCC3)n2)c1. The molecule has 4 heteroatoms. The maximum absolute atomic E-state index is 9.10. The zero-order valence-electron chi connectivity index (χ0n) is 11.5. The van der Waals surface area contributed by atoms with E-state index in [1.165, 1.54) is 25.7 Å². The molecular formula is C16H20N2O2. The van der Waals surface area contributed by atoms with Crippen LogP contribution in [0.15, 0.2) is 36.5 Å². The lowest BCUT2D eigenvalue weighted by Crippen LogP contribution is -2.06. The normalized spacial score (nSPS) is 15.7. The van der Waals surface area contributed by atoms with Crippen LogP contribution in [0.4, 0.5) is 0 Å². The first kappa shape index (κ1) is 13.2. The Balaban J connectivity index is 1.60. The molecule has 1 aliphatic carbocycles. The number of hydrogen-bond donors (Lipinski definition) is 1. The van der Waals surface area contributed by atoms with Gasteiger partial charge in [0.25, 0.3) is 0 Å². The Labute approximate surface area is 119 Å². The number of benzene rings is 1. The molecule has 0 amide bonds. The number of aromatic nitrogens is 2. The van der Waals surface area contributed by atoms with Gasteiger partial charge < -0.3 is 9.84 Å². The van der Waals surface area contributed by atoms with Crippen LogP contribution < -0.4 is 4.74 Å². The van der Waals surface area contributed by atoms with Crippen molar-refractivity contribution < 1.29 is 9.84 Å². The van der Waals surface area contributed by atoms with Crippen LogP contribution in [0.3, 0.4) is 0 Å². The van der Waals surface area contributed by atoms with Gasteiger partial charge in [0.2, 0.25) is 0 Å². The topological polar surface area (TPSA) is 47.3 Å². The van der Waals surface area contributed by atoms with E-state index in [1.807, 2.05) is 30.3 Å². The van der Waals surface area contributed by atoms with Gasteiger partial charge in [0.1, 0.15) is 12.4 Å². The van der Waals surface area contributed by atoms with E-state index in [9.17, 15) is 0 Å². The van der Waals surface area contributed by atoms with E-state index in [2.05, 4.69) is 16.0 Å². The van der Waals surface area contributed by atoms with Crippen molar-refractivity contribution in [3.63, 3.8) is 0 Å². The van der Waals surface area contributed by atoms with Gasteiger partial charge in [-0.1, -0.05) is 25.0 Å². The van der Waals surface area contributed by atoms with Crippen LogP contribution in [0.5, 0.6) is 5.75 Å². The Morgan fingerprint density at radius 2 is 2.10 bits per heavy atom. The predicted molar refractivity (Wildman–Crippen MR) is 76.4 cm³/mol. The highest BCUT2D eigenvalue weighted by atomic mass is 16.5. The van der Waals surface area contributed by atoms with E-state index in [0.29, 0.717) is 12.6 Å². The number of aliphatic hydroxyl groups is 1. The molecule has 1 aromatic carbocycles. The third-order valence-electron chi connectivity index (χ3n) is 3.83. The first-order valence-electron chi connectivity index (χ1n) is 7.22. The molecule has 1 saturated carbocycles. The first-order valence-corrected chi connectivity index (χ1v) is 7.22. The van der Waals surface area contributed by atoms with Crippen LogP contribution in [0, 0.1) is 0 Å². The van der Waals surface area contributed by atoms with Crippen LogP contribution in [0.1, 0.15) is 43.0 Å². The van der Waals surface area contributed by atoms with Crippen LogP contribution in [0.2, 0.25) is 0 Å². The van der Waals surface area contributed by atoms with Crippen molar-refractivity contribution in [2.45, 2.75) is 44.9 Å². The Hall–Kier alpha value is -1.81. The van der Waals surface area contributed by atoms with Crippen molar-refractivity contribution in [1.29, 1.82) is 0 Å². The molecule has 106 valence electrons. The Bertz CT molecular complexity index is 559. The van der Waals surface area contributed by atoms with Gasteiger partial charge in [-0.25, -0.2) is 0 Å². The maximum atomic E-state index is 9.10. The summed E-state index contributed by atoms with van der Waals surface area (Å²) in [5.74, 6) is 0.770. The summed E-state index contributed by atoms with van der Waals surface area (Å²) >= 11 is 0. The molecule has 0 saturated heterocycles. The summed E-state index contributed by atoms with van der Waals surface area (Å²) < 4.78 is 7.80. The highest BCUT2D eigenvalue weighted by Crippen LogP contribution is 2.28. The molecule has 0 bridgehead atoms. The van der Waals surface area contributed by atoms with Crippen LogP contribution in [-0.2, 0) is 13.2 Å². The minimum atomic E-state index is 0.0352. The summed E-state index contributed by atoms with van der Waals surface area (Å²) in [6, 6.07) is 10.1. The van der Waals surface area contributed by atoms with E-state index >= 15 is 0 Å². The molecule has 4 nitrogen and oxygen atoms in total. The number of aliphatic hydroxyl groups excluding tert-OH is 1. The van der Waals surface area contributed by atoms with Crippen LogP contribution in [0.25, 0.3) is 0 Å². The third kappa shape index (κ3) is 3.02. The molecule has 0 radical (unpaired) electrons. The third-order valence-corrected chi connectivity index (χ3v) is 3.83. The zero-order valence-corrected chi connectivity index (χ0v) is 11.5. The molecule has 1 aliphatic rings. The molecule has 20 heavy (non-hydrogen) atoms. The fourth-order valence-corrected chi connectivity index (χ4v) is 2.72. The summed E-state index contributed by atoms with van der Waals surface area (Å²) in [4.78, 5) is 0. The van der Waals surface area contributed by atoms with E-state index in [1.54, 1.807) is 0 Å². The van der Waals surface area contributed by atoms with Gasteiger partial charge in [-0.05, 0) is 36.6 Å². The van der Waals surface area contributed by atoms with Crippen molar-refractivity contribution in [3.8, 4) is 5.75 Å². The molecule has 0 aliphatic heterocycles. The summed E-state index contributed by atoms with van der Waals surface area (Å²) in [7, 11) is 0. The van der Waals surface area contributed by atoms with Crippen molar-refractivity contribution in [3.05, 3.63) is 47.8 Å². The molecule has 1 N–H and O–H groups in total. The molecular weight excluding hydrogens is 252 g/mol.